The number of fused-ring (bicyclic) bond motifs is 13. The molecule has 0 aliphatic rings. The van der Waals surface area contributed by atoms with Crippen LogP contribution in [0.3, 0.4) is 0 Å². The first kappa shape index (κ1) is 22.0. The predicted molar refractivity (Wildman–Crippen MR) is 187 cm³/mol. The van der Waals surface area contributed by atoms with Crippen LogP contribution >= 0.6 is 11.3 Å². The minimum absolute atomic E-state index is 0.419. The molecule has 0 N–H and O–H groups in total. The van der Waals surface area contributed by atoms with E-state index in [4.69, 9.17) is 11.3 Å². The Bertz CT molecular complexity index is 2890. The summed E-state index contributed by atoms with van der Waals surface area (Å²) in [6.45, 7) is 0. The summed E-state index contributed by atoms with van der Waals surface area (Å²) < 4.78 is 22.5. The Labute approximate surface area is 259 Å². The maximum Gasteiger partial charge on any atom is 0.235 e. The van der Waals surface area contributed by atoms with Crippen molar-refractivity contribution < 1.29 is 2.74 Å². The van der Waals surface area contributed by atoms with Gasteiger partial charge in [0.25, 0.3) is 0 Å². The van der Waals surface area contributed by atoms with Gasteiger partial charge in [0.05, 0.1) is 29.7 Å². The molecule has 0 amide bonds. The highest BCUT2D eigenvalue weighted by molar-refractivity contribution is 7.27. The Kier molecular flexibility index (Phi) is 4.49. The molecule has 0 radical (unpaired) electrons. The summed E-state index contributed by atoms with van der Waals surface area (Å²) in [5, 5.41) is 9.66. The number of aromatic nitrogens is 3. The van der Waals surface area contributed by atoms with E-state index in [-0.39, 0.29) is 0 Å². The predicted octanol–water partition coefficient (Wildman–Crippen LogP) is 11.1. The number of thiophene rings is 1. The van der Waals surface area contributed by atoms with E-state index in [9.17, 15) is 1.37 Å². The van der Waals surface area contributed by atoms with Crippen molar-refractivity contribution in [2.45, 2.75) is 0 Å². The molecule has 3 aromatic heterocycles. The number of hydrogen-bond acceptors (Lipinski definition) is 3. The lowest BCUT2D eigenvalue weighted by molar-refractivity contribution is 1.02. The first-order valence-corrected chi connectivity index (χ1v) is 15.5. The highest BCUT2D eigenvalue weighted by Crippen LogP contribution is 2.49. The fraction of sp³-hybridized carbons (Fsp3) is 0. The van der Waals surface area contributed by atoms with Gasteiger partial charge in [0.15, 0.2) is 0 Å². The van der Waals surface area contributed by atoms with Crippen LogP contribution in [0, 0.1) is 0 Å². The number of rotatable bonds is 2. The van der Waals surface area contributed by atoms with Gasteiger partial charge in [-0.15, -0.1) is 11.3 Å². The summed E-state index contributed by atoms with van der Waals surface area (Å²) in [6, 6.07) is 44.2. The van der Waals surface area contributed by atoms with E-state index in [1.807, 2.05) is 60.7 Å². The van der Waals surface area contributed by atoms with E-state index >= 15 is 0 Å². The normalized spacial score (nSPS) is 12.7. The van der Waals surface area contributed by atoms with E-state index in [2.05, 4.69) is 71.3 Å². The molecule has 0 fully saturated rings. The fourth-order valence-corrected chi connectivity index (χ4v) is 8.18. The zero-order valence-corrected chi connectivity index (χ0v) is 24.2. The van der Waals surface area contributed by atoms with Crippen LogP contribution in [0.15, 0.2) is 139 Å². The van der Waals surface area contributed by atoms with Crippen molar-refractivity contribution in [3.63, 3.8) is 0 Å². The van der Waals surface area contributed by atoms with Gasteiger partial charge in [-0.1, -0.05) is 121 Å². The largest absolute Gasteiger partial charge is 0.276 e. The molecule has 0 aliphatic heterocycles. The van der Waals surface area contributed by atoms with E-state index in [1.165, 1.54) is 0 Å². The SMILES string of the molecule is [2H]c1cccc2c1sc1c2c2ccccc2c2c3c4ccccc4cc([2H])c3n(-c3nc(-c4ccccc4)c4ccccc4n3)c12. The van der Waals surface area contributed by atoms with Crippen LogP contribution in [-0.2, 0) is 0 Å². The van der Waals surface area contributed by atoms with Crippen LogP contribution in [-0.4, -0.2) is 14.5 Å². The number of benzene rings is 7. The van der Waals surface area contributed by atoms with Crippen LogP contribution < -0.4 is 0 Å². The van der Waals surface area contributed by atoms with Crippen molar-refractivity contribution in [1.82, 2.24) is 14.5 Å². The first-order chi connectivity index (χ1) is 22.7. The van der Waals surface area contributed by atoms with Crippen LogP contribution in [0.25, 0.3) is 91.6 Å². The Morgan fingerprint density at radius 2 is 1.23 bits per heavy atom. The Hall–Kier alpha value is -5.58. The highest BCUT2D eigenvalue weighted by Gasteiger charge is 2.24. The Morgan fingerprint density at radius 1 is 0.545 bits per heavy atom. The van der Waals surface area contributed by atoms with Gasteiger partial charge in [0.1, 0.15) is 0 Å². The summed E-state index contributed by atoms with van der Waals surface area (Å²) >= 11 is 1.65. The molecule has 44 heavy (non-hydrogen) atoms. The first-order valence-electron chi connectivity index (χ1n) is 15.7. The summed E-state index contributed by atoms with van der Waals surface area (Å²) in [7, 11) is 0. The van der Waals surface area contributed by atoms with Crippen LogP contribution in [0.5, 0.6) is 0 Å². The van der Waals surface area contributed by atoms with Gasteiger partial charge in [-0.25, -0.2) is 9.97 Å². The summed E-state index contributed by atoms with van der Waals surface area (Å²) in [4.78, 5) is 10.5. The van der Waals surface area contributed by atoms with Gasteiger partial charge in [0.2, 0.25) is 5.95 Å². The molecule has 3 nitrogen and oxygen atoms in total. The average molecular weight is 580 g/mol. The zero-order chi connectivity index (χ0) is 30.5. The van der Waals surface area contributed by atoms with Crippen molar-refractivity contribution >= 4 is 85.8 Å². The van der Waals surface area contributed by atoms with Gasteiger partial charge < -0.3 is 0 Å². The van der Waals surface area contributed by atoms with Gasteiger partial charge in [0, 0.05) is 37.2 Å². The highest BCUT2D eigenvalue weighted by atomic mass is 32.1. The summed E-state index contributed by atoms with van der Waals surface area (Å²) in [5.41, 5.74) is 4.46. The minimum atomic E-state index is 0.419. The number of hydrogen-bond donors (Lipinski definition) is 0. The smallest absolute Gasteiger partial charge is 0.235 e. The molecule has 10 aromatic rings. The van der Waals surface area contributed by atoms with Crippen molar-refractivity contribution in [2.75, 3.05) is 0 Å². The van der Waals surface area contributed by atoms with E-state index in [0.717, 1.165) is 85.7 Å². The van der Waals surface area contributed by atoms with Crippen molar-refractivity contribution in [2.24, 2.45) is 0 Å². The van der Waals surface area contributed by atoms with Crippen molar-refractivity contribution in [1.29, 1.82) is 0 Å². The molecule has 0 saturated carbocycles. The second-order valence-corrected chi connectivity index (χ2v) is 12.2. The summed E-state index contributed by atoms with van der Waals surface area (Å²) in [6.07, 6.45) is 0. The molecule has 0 saturated heterocycles. The van der Waals surface area contributed by atoms with E-state index in [1.54, 1.807) is 11.3 Å². The van der Waals surface area contributed by atoms with E-state index in [0.29, 0.717) is 18.0 Å². The molecule has 204 valence electrons. The third kappa shape index (κ3) is 3.20. The lowest BCUT2D eigenvalue weighted by Gasteiger charge is -2.12. The average Bonchev–Trinajstić information content (AvgIpc) is 3.67. The monoisotopic (exact) mass is 579 g/mol. The van der Waals surface area contributed by atoms with E-state index < -0.39 is 0 Å². The second-order valence-electron chi connectivity index (χ2n) is 11.2. The molecule has 0 spiro atoms. The standard InChI is InChI=1S/C40H23N3S/c1-2-13-25(14-3-1)37-29-18-8-10-20-31(29)41-40(42-37)43-32-23-22-24-12-4-5-15-26(24)35(32)36-28-17-7-6-16-27(28)34-30-19-9-11-21-33(30)44-39(34)38(36)43/h1-23H/i21D,23D. The molecular weight excluding hydrogens is 555 g/mol. The maximum absolute atomic E-state index is 9.50. The van der Waals surface area contributed by atoms with Crippen LogP contribution in [0.1, 0.15) is 2.74 Å². The van der Waals surface area contributed by atoms with Gasteiger partial charge in [-0.2, -0.15) is 0 Å². The quantitative estimate of drug-likeness (QED) is 0.204. The molecule has 0 atom stereocenters. The molecule has 10 rings (SSSR count). The number of para-hydroxylation sites is 1. The zero-order valence-electron chi connectivity index (χ0n) is 25.4. The van der Waals surface area contributed by atoms with Gasteiger partial charge >= 0.3 is 0 Å². The molecular formula is C40H23N3S. The fourth-order valence-electron chi connectivity index (χ4n) is 6.96. The minimum Gasteiger partial charge on any atom is -0.276 e. The van der Waals surface area contributed by atoms with Crippen LogP contribution in [0.2, 0.25) is 0 Å². The Morgan fingerprint density at radius 3 is 2.09 bits per heavy atom. The van der Waals surface area contributed by atoms with Gasteiger partial charge in [-0.05, 0) is 39.7 Å². The number of nitrogens with zero attached hydrogens (tertiary/aromatic N) is 3. The molecule has 0 bridgehead atoms. The van der Waals surface area contributed by atoms with Crippen molar-refractivity contribution in [3.05, 3.63) is 139 Å². The molecule has 3 heterocycles. The topological polar surface area (TPSA) is 30.7 Å². The molecule has 4 heteroatoms. The molecule has 7 aromatic carbocycles. The second kappa shape index (κ2) is 8.96. The maximum atomic E-state index is 9.50. The lowest BCUT2D eigenvalue weighted by atomic mass is 9.97. The molecule has 0 unspecified atom stereocenters. The van der Waals surface area contributed by atoms with Gasteiger partial charge in [-0.3, -0.25) is 4.57 Å². The van der Waals surface area contributed by atoms with Crippen molar-refractivity contribution in [3.8, 4) is 17.2 Å². The summed E-state index contributed by atoms with van der Waals surface area (Å²) in [5.74, 6) is 0.529. The molecule has 0 aliphatic carbocycles. The third-order valence-electron chi connectivity index (χ3n) is 8.80. The van der Waals surface area contributed by atoms with Crippen LogP contribution in [0.4, 0.5) is 0 Å². The Balaban J connectivity index is 1.52. The third-order valence-corrected chi connectivity index (χ3v) is 9.95. The lowest BCUT2D eigenvalue weighted by Crippen LogP contribution is -2.03.